The van der Waals surface area contributed by atoms with Crippen molar-refractivity contribution in [3.05, 3.63) is 54.1 Å². The third-order valence-electron chi connectivity index (χ3n) is 5.76. The van der Waals surface area contributed by atoms with E-state index in [4.69, 9.17) is 9.47 Å². The monoisotopic (exact) mass is 470 g/mol. The first-order chi connectivity index (χ1) is 15.9. The van der Waals surface area contributed by atoms with Crippen LogP contribution in [0.1, 0.15) is 5.56 Å². The zero-order valence-electron chi connectivity index (χ0n) is 17.6. The molecule has 3 aliphatic rings. The number of para-hydroxylation sites is 2. The van der Waals surface area contributed by atoms with Crippen LogP contribution in [0.4, 0.5) is 0 Å². The second-order valence-corrected chi connectivity index (χ2v) is 9.49. The van der Waals surface area contributed by atoms with Crippen molar-refractivity contribution in [3.8, 4) is 11.5 Å². The molecule has 10 nitrogen and oxygen atoms in total. The highest BCUT2D eigenvalue weighted by molar-refractivity contribution is 7.90. The van der Waals surface area contributed by atoms with E-state index in [2.05, 4.69) is 9.71 Å². The normalized spacial score (nSPS) is 21.9. The van der Waals surface area contributed by atoms with Crippen LogP contribution in [0.3, 0.4) is 0 Å². The molecular weight excluding hydrogens is 448 g/mol. The van der Waals surface area contributed by atoms with E-state index in [9.17, 15) is 18.0 Å². The zero-order chi connectivity index (χ0) is 23.0. The molecule has 3 aliphatic heterocycles. The number of ether oxygens (including phenoxy) is 2. The van der Waals surface area contributed by atoms with Gasteiger partial charge in [0.05, 0.1) is 4.90 Å². The molecule has 1 N–H and O–H groups in total. The Morgan fingerprint density at radius 2 is 1.64 bits per heavy atom. The van der Waals surface area contributed by atoms with Gasteiger partial charge in [-0.3, -0.25) is 19.3 Å². The smallest absolute Gasteiger partial charge is 0.267 e. The number of aliphatic imine (C=N–C) groups is 1. The number of amides is 2. The summed E-state index contributed by atoms with van der Waals surface area (Å²) in [5, 5.41) is 0. The van der Waals surface area contributed by atoms with Crippen molar-refractivity contribution >= 4 is 27.7 Å². The second kappa shape index (κ2) is 8.39. The van der Waals surface area contributed by atoms with Crippen LogP contribution in [0, 0.1) is 0 Å². The van der Waals surface area contributed by atoms with Crippen molar-refractivity contribution < 1.29 is 27.5 Å². The average Bonchev–Trinajstić information content (AvgIpc) is 3.12. The summed E-state index contributed by atoms with van der Waals surface area (Å²) in [5.41, 5.74) is 0.456. The van der Waals surface area contributed by atoms with E-state index in [0.717, 1.165) is 0 Å². The maximum atomic E-state index is 12.8. The first-order valence-electron chi connectivity index (χ1n) is 10.5. The quantitative estimate of drug-likeness (QED) is 0.687. The number of hydrogen-bond acceptors (Lipinski definition) is 7. The number of carbonyl (C=O) groups is 2. The van der Waals surface area contributed by atoms with Crippen molar-refractivity contribution in [3.63, 3.8) is 0 Å². The van der Waals surface area contributed by atoms with Crippen LogP contribution in [0.15, 0.2) is 58.4 Å². The van der Waals surface area contributed by atoms with Crippen LogP contribution in [0.25, 0.3) is 0 Å². The van der Waals surface area contributed by atoms with Gasteiger partial charge in [-0.1, -0.05) is 24.3 Å². The Kier molecular flexibility index (Phi) is 5.41. The van der Waals surface area contributed by atoms with Crippen molar-refractivity contribution in [2.45, 2.75) is 11.0 Å². The molecule has 11 heteroatoms. The highest BCUT2D eigenvalue weighted by Gasteiger charge is 2.34. The highest BCUT2D eigenvalue weighted by Crippen LogP contribution is 2.31. The fourth-order valence-corrected chi connectivity index (χ4v) is 5.27. The summed E-state index contributed by atoms with van der Waals surface area (Å²) in [6, 6.07) is 13.7. The number of benzene rings is 2. The molecule has 1 saturated heterocycles. The minimum Gasteiger partial charge on any atom is -0.485 e. The van der Waals surface area contributed by atoms with Crippen molar-refractivity contribution in [2.75, 3.05) is 39.3 Å². The van der Waals surface area contributed by atoms with Crippen LogP contribution >= 0.6 is 0 Å². The molecule has 2 aromatic rings. The first kappa shape index (κ1) is 21.3. The molecule has 1 atom stereocenters. The lowest BCUT2D eigenvalue weighted by Crippen LogP contribution is -2.55. The molecule has 0 saturated carbocycles. The van der Waals surface area contributed by atoms with Crippen molar-refractivity contribution in [1.82, 2.24) is 14.5 Å². The Morgan fingerprint density at radius 1 is 0.970 bits per heavy atom. The van der Waals surface area contributed by atoms with E-state index in [-0.39, 0.29) is 35.7 Å². The van der Waals surface area contributed by atoms with Crippen molar-refractivity contribution in [2.24, 2.45) is 4.99 Å². The summed E-state index contributed by atoms with van der Waals surface area (Å²) in [5.74, 6) is 0.922. The Labute approximate surface area is 190 Å². The highest BCUT2D eigenvalue weighted by atomic mass is 32.2. The molecule has 0 aliphatic carbocycles. The second-order valence-electron chi connectivity index (χ2n) is 7.84. The third kappa shape index (κ3) is 4.11. The van der Waals surface area contributed by atoms with Gasteiger partial charge in [0.2, 0.25) is 12.0 Å². The van der Waals surface area contributed by atoms with Gasteiger partial charge in [-0.2, -0.15) is 0 Å². The van der Waals surface area contributed by atoms with E-state index in [1.54, 1.807) is 40.1 Å². The van der Waals surface area contributed by atoms with Gasteiger partial charge < -0.3 is 19.3 Å². The van der Waals surface area contributed by atoms with E-state index < -0.39 is 16.1 Å². The summed E-state index contributed by atoms with van der Waals surface area (Å²) >= 11 is 0. The summed E-state index contributed by atoms with van der Waals surface area (Å²) in [4.78, 5) is 33.1. The van der Waals surface area contributed by atoms with Gasteiger partial charge in [0, 0.05) is 31.7 Å². The van der Waals surface area contributed by atoms with Gasteiger partial charge in [0.15, 0.2) is 11.5 Å². The Balaban J connectivity index is 1.16. The van der Waals surface area contributed by atoms with Gasteiger partial charge in [-0.25, -0.2) is 8.42 Å². The predicted molar refractivity (Wildman–Crippen MR) is 118 cm³/mol. The number of nitrogens with one attached hydrogen (secondary N) is 1. The largest absolute Gasteiger partial charge is 0.485 e. The molecule has 0 aromatic heterocycles. The minimum atomic E-state index is -3.65. The molecule has 2 aromatic carbocycles. The molecule has 1 unspecified atom stereocenters. The number of nitrogens with zero attached hydrogens (tertiary/aromatic N) is 3. The molecule has 0 bridgehead atoms. The average molecular weight is 471 g/mol. The molecule has 172 valence electrons. The lowest BCUT2D eigenvalue weighted by Gasteiger charge is -2.37. The SMILES string of the molecule is O=C(CN=C1NS(=O)(=O)c2ccccc21)N1CCN(C(=O)C2COc3ccccc3O2)CC1. The van der Waals surface area contributed by atoms with Gasteiger partial charge in [0.25, 0.3) is 15.9 Å². The molecule has 3 heterocycles. The van der Waals surface area contributed by atoms with Gasteiger partial charge >= 0.3 is 0 Å². The van der Waals surface area contributed by atoms with Crippen molar-refractivity contribution in [1.29, 1.82) is 0 Å². The van der Waals surface area contributed by atoms with Crippen LogP contribution in [-0.4, -0.2) is 81.3 Å². The van der Waals surface area contributed by atoms with E-state index in [1.807, 2.05) is 12.1 Å². The van der Waals surface area contributed by atoms with Crippen LogP contribution in [-0.2, 0) is 19.6 Å². The Bertz CT molecular complexity index is 1240. The van der Waals surface area contributed by atoms with Crippen LogP contribution in [0.5, 0.6) is 11.5 Å². The minimum absolute atomic E-state index is 0.143. The fourth-order valence-electron chi connectivity index (χ4n) is 4.02. The number of hydrogen-bond donors (Lipinski definition) is 1. The maximum Gasteiger partial charge on any atom is 0.267 e. The molecule has 33 heavy (non-hydrogen) atoms. The van der Waals surface area contributed by atoms with Crippen LogP contribution < -0.4 is 14.2 Å². The Morgan fingerprint density at radius 3 is 2.42 bits per heavy atom. The van der Waals surface area contributed by atoms with Gasteiger partial charge in [-0.05, 0) is 24.3 Å². The molecule has 5 rings (SSSR count). The maximum absolute atomic E-state index is 12.8. The molecule has 0 radical (unpaired) electrons. The molecule has 1 fully saturated rings. The third-order valence-corrected chi connectivity index (χ3v) is 7.16. The predicted octanol–water partition coefficient (Wildman–Crippen LogP) is 0.236. The topological polar surface area (TPSA) is 118 Å². The lowest BCUT2D eigenvalue weighted by atomic mass is 10.2. The molecule has 0 spiro atoms. The first-order valence-corrected chi connectivity index (χ1v) is 12.0. The fraction of sp³-hybridized carbons (Fsp3) is 0.318. The number of amidine groups is 1. The number of carbonyl (C=O) groups excluding carboxylic acids is 2. The van der Waals surface area contributed by atoms with Crippen LogP contribution in [0.2, 0.25) is 0 Å². The number of rotatable bonds is 3. The molecule has 2 amide bonds. The van der Waals surface area contributed by atoms with E-state index in [1.165, 1.54) is 6.07 Å². The number of sulfonamides is 1. The lowest BCUT2D eigenvalue weighted by molar-refractivity contribution is -0.145. The van der Waals surface area contributed by atoms with Gasteiger partial charge in [-0.15, -0.1) is 0 Å². The number of piperazine rings is 1. The summed E-state index contributed by atoms with van der Waals surface area (Å²) in [6.07, 6.45) is -0.719. The summed E-state index contributed by atoms with van der Waals surface area (Å²) < 4.78 is 38.1. The summed E-state index contributed by atoms with van der Waals surface area (Å²) in [6.45, 7) is 1.43. The summed E-state index contributed by atoms with van der Waals surface area (Å²) in [7, 11) is -3.65. The van der Waals surface area contributed by atoms with E-state index in [0.29, 0.717) is 43.2 Å². The van der Waals surface area contributed by atoms with Gasteiger partial charge in [0.1, 0.15) is 19.0 Å². The zero-order valence-corrected chi connectivity index (χ0v) is 18.5. The number of fused-ring (bicyclic) bond motifs is 2. The Hall–Kier alpha value is -3.60. The molecular formula is C22H22N4O6S. The standard InChI is InChI=1S/C22H22N4O6S/c27-20(13-23-21-15-5-1-4-8-19(15)33(29,30)24-21)25-9-11-26(12-10-25)22(28)18-14-31-16-6-2-3-7-17(16)32-18/h1-8,18H,9-14H2,(H,23,24). The van der Waals surface area contributed by atoms with E-state index >= 15 is 0 Å².